The van der Waals surface area contributed by atoms with Crippen LogP contribution in [0.1, 0.15) is 34.9 Å². The summed E-state index contributed by atoms with van der Waals surface area (Å²) < 4.78 is 25.8. The van der Waals surface area contributed by atoms with Crippen LogP contribution >= 0.6 is 0 Å². The number of carbonyl (C=O) groups excluding carboxylic acids is 2. The second kappa shape index (κ2) is 7.42. The Balaban J connectivity index is 1.72. The van der Waals surface area contributed by atoms with E-state index in [1.807, 2.05) is 30.3 Å². The van der Waals surface area contributed by atoms with Crippen molar-refractivity contribution in [2.75, 3.05) is 0 Å². The van der Waals surface area contributed by atoms with Crippen molar-refractivity contribution >= 4 is 11.8 Å². The minimum absolute atomic E-state index is 0.0689. The number of halogens is 2. The number of alkyl halides is 2. The van der Waals surface area contributed by atoms with Crippen LogP contribution in [0, 0.1) is 0 Å². The van der Waals surface area contributed by atoms with Crippen molar-refractivity contribution in [2.45, 2.75) is 37.9 Å². The molecule has 2 heterocycles. The predicted octanol–water partition coefficient (Wildman–Crippen LogP) is 1.90. The van der Waals surface area contributed by atoms with E-state index >= 15 is 0 Å². The highest BCUT2D eigenvalue weighted by Gasteiger charge is 2.31. The average Bonchev–Trinajstić information content (AvgIpc) is 3.05. The fraction of sp³-hybridized carbons (Fsp3) is 0.353. The van der Waals surface area contributed by atoms with Gasteiger partial charge in [-0.1, -0.05) is 30.3 Å². The number of carbonyl (C=O) groups is 2. The summed E-state index contributed by atoms with van der Waals surface area (Å²) in [4.78, 5) is 24.1. The van der Waals surface area contributed by atoms with E-state index < -0.39 is 18.9 Å². The maximum absolute atomic E-state index is 12.4. The highest BCUT2D eigenvalue weighted by atomic mass is 19.3. The van der Waals surface area contributed by atoms with Crippen LogP contribution in [0.2, 0.25) is 0 Å². The first-order valence-corrected chi connectivity index (χ1v) is 7.99. The van der Waals surface area contributed by atoms with Crippen LogP contribution in [0.4, 0.5) is 8.78 Å². The van der Waals surface area contributed by atoms with Crippen LogP contribution < -0.4 is 10.6 Å². The van der Waals surface area contributed by atoms with Gasteiger partial charge >= 0.3 is 0 Å². The van der Waals surface area contributed by atoms with Crippen LogP contribution in [-0.4, -0.2) is 34.1 Å². The lowest BCUT2D eigenvalue weighted by Gasteiger charge is -2.33. The van der Waals surface area contributed by atoms with E-state index in [9.17, 15) is 18.4 Å². The minimum atomic E-state index is -2.54. The molecule has 0 bridgehead atoms. The zero-order valence-corrected chi connectivity index (χ0v) is 13.4. The van der Waals surface area contributed by atoms with E-state index in [0.29, 0.717) is 12.8 Å². The van der Waals surface area contributed by atoms with Gasteiger partial charge in [-0.15, -0.1) is 0 Å². The Kier molecular flexibility index (Phi) is 5.06. The van der Waals surface area contributed by atoms with Gasteiger partial charge in [0.05, 0.1) is 12.1 Å². The molecule has 1 aromatic carbocycles. The topological polar surface area (TPSA) is 76.0 Å². The molecule has 2 atom stereocenters. The zero-order chi connectivity index (χ0) is 17.8. The molecule has 1 aliphatic rings. The minimum Gasteiger partial charge on any atom is -0.347 e. The lowest BCUT2D eigenvalue weighted by molar-refractivity contribution is -0.123. The molecule has 1 aliphatic heterocycles. The van der Waals surface area contributed by atoms with Gasteiger partial charge in [-0.2, -0.15) is 5.10 Å². The van der Waals surface area contributed by atoms with E-state index in [1.165, 1.54) is 12.3 Å². The normalized spacial score (nSPS) is 20.4. The van der Waals surface area contributed by atoms with Gasteiger partial charge in [0.1, 0.15) is 12.2 Å². The van der Waals surface area contributed by atoms with Crippen molar-refractivity contribution in [3.05, 3.63) is 53.9 Å². The monoisotopic (exact) mass is 348 g/mol. The Bertz CT molecular complexity index is 748. The van der Waals surface area contributed by atoms with Gasteiger partial charge in [0.15, 0.2) is 0 Å². The number of amides is 2. The predicted molar refractivity (Wildman–Crippen MR) is 86.0 cm³/mol. The molecular formula is C17H18F2N4O2. The molecule has 2 aromatic rings. The third-order valence-corrected chi connectivity index (χ3v) is 4.07. The van der Waals surface area contributed by atoms with Crippen molar-refractivity contribution in [3.63, 3.8) is 0 Å². The number of piperidine rings is 1. The molecule has 2 amide bonds. The zero-order valence-electron chi connectivity index (χ0n) is 13.4. The van der Waals surface area contributed by atoms with E-state index in [-0.39, 0.29) is 23.7 Å². The summed E-state index contributed by atoms with van der Waals surface area (Å²) in [5.74, 6) is -0.518. The Hall–Kier alpha value is -2.77. The summed E-state index contributed by atoms with van der Waals surface area (Å²) in [6.45, 7) is -0.556. The largest absolute Gasteiger partial charge is 0.347 e. The molecular weight excluding hydrogens is 330 g/mol. The first-order valence-electron chi connectivity index (χ1n) is 7.99. The smallest absolute Gasteiger partial charge is 0.272 e. The van der Waals surface area contributed by atoms with Gasteiger partial charge in [0.25, 0.3) is 12.3 Å². The quantitative estimate of drug-likeness (QED) is 0.866. The Labute approximate surface area is 143 Å². The fourth-order valence-corrected chi connectivity index (χ4v) is 2.90. The van der Waals surface area contributed by atoms with Gasteiger partial charge in [-0.25, -0.2) is 8.78 Å². The van der Waals surface area contributed by atoms with Crippen LogP contribution in [0.25, 0.3) is 0 Å². The molecule has 1 fully saturated rings. The molecule has 2 N–H and O–H groups in total. The van der Waals surface area contributed by atoms with Gasteiger partial charge < -0.3 is 10.6 Å². The summed E-state index contributed by atoms with van der Waals surface area (Å²) in [6, 6.07) is 10.1. The first-order chi connectivity index (χ1) is 12.0. The molecule has 132 valence electrons. The Morgan fingerprint density at radius 3 is 2.80 bits per heavy atom. The number of nitrogens with one attached hydrogen (secondary N) is 2. The van der Waals surface area contributed by atoms with Crippen molar-refractivity contribution < 1.29 is 18.4 Å². The van der Waals surface area contributed by atoms with Crippen molar-refractivity contribution in [1.29, 1.82) is 0 Å². The molecule has 3 rings (SSSR count). The molecule has 0 spiro atoms. The summed E-state index contributed by atoms with van der Waals surface area (Å²) in [5.41, 5.74) is 0.966. The summed E-state index contributed by atoms with van der Waals surface area (Å²) >= 11 is 0. The number of hydrogen-bond acceptors (Lipinski definition) is 3. The van der Waals surface area contributed by atoms with Crippen molar-refractivity contribution in [3.8, 4) is 0 Å². The van der Waals surface area contributed by atoms with E-state index in [4.69, 9.17) is 0 Å². The lowest BCUT2D eigenvalue weighted by atomic mass is 9.92. The lowest BCUT2D eigenvalue weighted by Crippen LogP contribution is -2.50. The van der Waals surface area contributed by atoms with Crippen LogP contribution in [0.15, 0.2) is 42.6 Å². The Morgan fingerprint density at radius 2 is 2.08 bits per heavy atom. The molecule has 25 heavy (non-hydrogen) atoms. The second-order valence-electron chi connectivity index (χ2n) is 5.89. The number of rotatable bonds is 5. The van der Waals surface area contributed by atoms with Crippen LogP contribution in [0.3, 0.4) is 0 Å². The molecule has 0 radical (unpaired) electrons. The third-order valence-electron chi connectivity index (χ3n) is 4.07. The molecule has 0 aliphatic carbocycles. The molecule has 1 saturated heterocycles. The van der Waals surface area contributed by atoms with Gasteiger partial charge in [0, 0.05) is 12.6 Å². The highest BCUT2D eigenvalue weighted by molar-refractivity contribution is 5.92. The maximum atomic E-state index is 12.4. The molecule has 0 unspecified atom stereocenters. The molecule has 6 nitrogen and oxygen atoms in total. The van der Waals surface area contributed by atoms with Crippen LogP contribution in [0.5, 0.6) is 0 Å². The maximum Gasteiger partial charge on any atom is 0.272 e. The van der Waals surface area contributed by atoms with Crippen molar-refractivity contribution in [1.82, 2.24) is 20.4 Å². The standard InChI is InChI=1S/C17H18F2N4O2/c18-14(19)10-23-9-8-13(22-23)17(25)20-12-6-7-15(24)21-16(12)11-4-2-1-3-5-11/h1-5,8-9,12,14,16H,6-7,10H2,(H,20,25)(H,21,24)/t12-,16+/m1/s1. The van der Waals surface area contributed by atoms with Gasteiger partial charge in [-0.05, 0) is 18.1 Å². The number of aromatic nitrogens is 2. The Morgan fingerprint density at radius 1 is 1.32 bits per heavy atom. The number of hydrogen-bond donors (Lipinski definition) is 2. The average molecular weight is 348 g/mol. The van der Waals surface area contributed by atoms with E-state index in [0.717, 1.165) is 10.2 Å². The van der Waals surface area contributed by atoms with Crippen molar-refractivity contribution in [2.24, 2.45) is 0 Å². The molecule has 0 saturated carbocycles. The summed E-state index contributed by atoms with van der Waals surface area (Å²) in [6.07, 6.45) is -0.381. The SMILES string of the molecule is O=C1CC[C@@H](NC(=O)c2ccn(CC(F)F)n2)[C@H](c2ccccc2)N1. The van der Waals surface area contributed by atoms with Gasteiger partial charge in [-0.3, -0.25) is 14.3 Å². The van der Waals surface area contributed by atoms with E-state index in [2.05, 4.69) is 15.7 Å². The fourth-order valence-electron chi connectivity index (χ4n) is 2.90. The number of nitrogens with zero attached hydrogens (tertiary/aromatic N) is 2. The first kappa shape index (κ1) is 17.1. The summed E-state index contributed by atoms with van der Waals surface area (Å²) in [7, 11) is 0. The third kappa shape index (κ3) is 4.20. The number of benzene rings is 1. The summed E-state index contributed by atoms with van der Waals surface area (Å²) in [5, 5.41) is 9.61. The second-order valence-corrected chi connectivity index (χ2v) is 5.89. The van der Waals surface area contributed by atoms with E-state index in [1.54, 1.807) is 0 Å². The molecule has 8 heteroatoms. The van der Waals surface area contributed by atoms with Crippen LogP contribution in [-0.2, 0) is 11.3 Å². The molecule has 1 aromatic heterocycles. The highest BCUT2D eigenvalue weighted by Crippen LogP contribution is 2.24. The van der Waals surface area contributed by atoms with Gasteiger partial charge in [0.2, 0.25) is 5.91 Å².